The summed E-state index contributed by atoms with van der Waals surface area (Å²) in [5, 5.41) is 2.01. The van der Waals surface area contributed by atoms with Crippen molar-refractivity contribution in [2.75, 3.05) is 19.8 Å². The maximum absolute atomic E-state index is 12.8. The molecule has 0 bridgehead atoms. The van der Waals surface area contributed by atoms with Gasteiger partial charge in [0, 0.05) is 0 Å². The lowest BCUT2D eigenvalue weighted by molar-refractivity contribution is -0.303. The van der Waals surface area contributed by atoms with Crippen molar-refractivity contribution in [2.45, 2.75) is 37.4 Å². The summed E-state index contributed by atoms with van der Waals surface area (Å²) in [5.41, 5.74) is -6.73. The number of halogens is 3. The summed E-state index contributed by atoms with van der Waals surface area (Å²) in [6, 6.07) is 13.3. The van der Waals surface area contributed by atoms with Gasteiger partial charge in [-0.2, -0.15) is 21.6 Å². The van der Waals surface area contributed by atoms with Gasteiger partial charge in [0.15, 0.2) is 11.4 Å². The first kappa shape index (κ1) is 22.0. The monoisotopic (exact) mass is 434 g/mol. The average Bonchev–Trinajstić information content (AvgIpc) is 2.63. The van der Waals surface area contributed by atoms with Crippen LogP contribution in [-0.4, -0.2) is 45.1 Å². The van der Waals surface area contributed by atoms with Crippen LogP contribution in [0.3, 0.4) is 0 Å². The Bertz CT molecular complexity index is 961. The van der Waals surface area contributed by atoms with Crippen LogP contribution in [0.4, 0.5) is 13.2 Å². The van der Waals surface area contributed by atoms with Crippen LogP contribution in [-0.2, 0) is 35.1 Å². The molecule has 160 valence electrons. The molecule has 0 aromatic heterocycles. The van der Waals surface area contributed by atoms with E-state index in [1.807, 2.05) is 42.5 Å². The molecule has 1 fully saturated rings. The van der Waals surface area contributed by atoms with E-state index >= 15 is 0 Å². The van der Waals surface area contributed by atoms with Crippen molar-refractivity contribution in [3.8, 4) is 0 Å². The quantitative estimate of drug-likeness (QED) is 0.510. The molecule has 10 heteroatoms. The summed E-state index contributed by atoms with van der Waals surface area (Å²) in [6.07, 6.45) is 0. The Kier molecular flexibility index (Phi) is 5.94. The molecule has 1 aliphatic heterocycles. The molecule has 0 N–H and O–H groups in total. The molecule has 29 heavy (non-hydrogen) atoms. The molecular formula is C19H21F3O6S. The highest BCUT2D eigenvalue weighted by molar-refractivity contribution is 7.87. The standard InChI is InChI=1S/C19H21F3O6S/c1-17(2)26-12-18(13-27-17,28-29(23,24)19(20,21)22)11-25-10-14-7-8-15-5-3-4-6-16(15)9-14/h3-9H,10-13H2,1-2H3. The van der Waals surface area contributed by atoms with E-state index < -0.39 is 46.8 Å². The largest absolute Gasteiger partial charge is 0.523 e. The number of alkyl halides is 3. The zero-order valence-electron chi connectivity index (χ0n) is 15.9. The van der Waals surface area contributed by atoms with E-state index in [0.717, 1.165) is 16.3 Å². The zero-order chi connectivity index (χ0) is 21.3. The van der Waals surface area contributed by atoms with Crippen molar-refractivity contribution in [3.05, 3.63) is 48.0 Å². The minimum Gasteiger partial charge on any atom is -0.374 e. The molecule has 0 atom stereocenters. The maximum Gasteiger partial charge on any atom is 0.523 e. The predicted octanol–water partition coefficient (Wildman–Crippen LogP) is 3.74. The number of ether oxygens (including phenoxy) is 3. The van der Waals surface area contributed by atoms with Crippen LogP contribution in [0.2, 0.25) is 0 Å². The van der Waals surface area contributed by atoms with Crippen LogP contribution in [0, 0.1) is 0 Å². The molecule has 0 unspecified atom stereocenters. The predicted molar refractivity (Wildman–Crippen MR) is 98.4 cm³/mol. The van der Waals surface area contributed by atoms with Crippen molar-refractivity contribution in [3.63, 3.8) is 0 Å². The molecule has 1 aliphatic rings. The van der Waals surface area contributed by atoms with Crippen molar-refractivity contribution in [1.82, 2.24) is 0 Å². The van der Waals surface area contributed by atoms with Gasteiger partial charge in [0.25, 0.3) is 0 Å². The molecule has 0 spiro atoms. The SMILES string of the molecule is CC1(C)OCC(COCc2ccc3ccccc3c2)(OS(=O)(=O)C(F)(F)F)CO1. The first-order chi connectivity index (χ1) is 13.4. The molecule has 0 radical (unpaired) electrons. The molecule has 3 rings (SSSR count). The Balaban J connectivity index is 1.73. The third-order valence-corrected chi connectivity index (χ3v) is 5.52. The third-order valence-electron chi connectivity index (χ3n) is 4.38. The van der Waals surface area contributed by atoms with Crippen molar-refractivity contribution >= 4 is 20.9 Å². The first-order valence-electron chi connectivity index (χ1n) is 8.77. The summed E-state index contributed by atoms with van der Waals surface area (Å²) in [6.45, 7) is 1.83. The summed E-state index contributed by atoms with van der Waals surface area (Å²) in [4.78, 5) is 0. The van der Waals surface area contributed by atoms with E-state index in [4.69, 9.17) is 14.2 Å². The van der Waals surface area contributed by atoms with Gasteiger partial charge in [-0.3, -0.25) is 0 Å². The molecule has 0 aliphatic carbocycles. The van der Waals surface area contributed by atoms with Crippen LogP contribution in [0.15, 0.2) is 42.5 Å². The summed E-state index contributed by atoms with van der Waals surface area (Å²) >= 11 is 0. The van der Waals surface area contributed by atoms with E-state index in [9.17, 15) is 21.6 Å². The van der Waals surface area contributed by atoms with Gasteiger partial charge in [0.1, 0.15) is 0 Å². The van der Waals surface area contributed by atoms with Gasteiger partial charge in [-0.15, -0.1) is 0 Å². The van der Waals surface area contributed by atoms with Crippen LogP contribution >= 0.6 is 0 Å². The fourth-order valence-corrected chi connectivity index (χ4v) is 3.52. The highest BCUT2D eigenvalue weighted by Crippen LogP contribution is 2.33. The lowest BCUT2D eigenvalue weighted by Crippen LogP contribution is -2.57. The second-order valence-corrected chi connectivity index (χ2v) is 8.86. The second-order valence-electron chi connectivity index (χ2n) is 7.32. The fourth-order valence-electron chi connectivity index (χ4n) is 2.81. The Morgan fingerprint density at radius 1 is 1.03 bits per heavy atom. The van der Waals surface area contributed by atoms with E-state index in [1.54, 1.807) is 13.8 Å². The number of benzene rings is 2. The highest BCUT2D eigenvalue weighted by Gasteiger charge is 2.54. The Hall–Kier alpha value is -1.72. The van der Waals surface area contributed by atoms with Crippen LogP contribution in [0.1, 0.15) is 19.4 Å². The topological polar surface area (TPSA) is 71.1 Å². The van der Waals surface area contributed by atoms with Gasteiger partial charge in [0.05, 0.1) is 26.4 Å². The Labute approximate surface area is 166 Å². The third kappa shape index (κ3) is 5.26. The summed E-state index contributed by atoms with van der Waals surface area (Å²) in [5.74, 6) is -1.08. The molecule has 0 saturated carbocycles. The minimum absolute atomic E-state index is 0.0470. The number of hydrogen-bond donors (Lipinski definition) is 0. The zero-order valence-corrected chi connectivity index (χ0v) is 16.7. The van der Waals surface area contributed by atoms with Gasteiger partial charge in [-0.25, -0.2) is 4.18 Å². The molecule has 6 nitrogen and oxygen atoms in total. The molecule has 2 aromatic rings. The molecule has 1 saturated heterocycles. The maximum atomic E-state index is 12.8. The van der Waals surface area contributed by atoms with Crippen LogP contribution in [0.25, 0.3) is 10.8 Å². The molecular weight excluding hydrogens is 413 g/mol. The van der Waals surface area contributed by atoms with Gasteiger partial charge in [-0.1, -0.05) is 36.4 Å². The van der Waals surface area contributed by atoms with Gasteiger partial charge < -0.3 is 14.2 Å². The molecule has 0 amide bonds. The molecule has 1 heterocycles. The van der Waals surface area contributed by atoms with Crippen molar-refractivity contribution in [2.24, 2.45) is 0 Å². The van der Waals surface area contributed by atoms with Gasteiger partial charge in [0.2, 0.25) is 0 Å². The van der Waals surface area contributed by atoms with Crippen molar-refractivity contribution < 1.29 is 40.0 Å². The average molecular weight is 434 g/mol. The summed E-state index contributed by atoms with van der Waals surface area (Å²) in [7, 11) is -5.86. The number of fused-ring (bicyclic) bond motifs is 1. The smallest absolute Gasteiger partial charge is 0.374 e. The van der Waals surface area contributed by atoms with E-state index in [0.29, 0.717) is 0 Å². The lowest BCUT2D eigenvalue weighted by Gasteiger charge is -2.42. The number of hydrogen-bond acceptors (Lipinski definition) is 6. The fraction of sp³-hybridized carbons (Fsp3) is 0.474. The lowest BCUT2D eigenvalue weighted by atomic mass is 10.1. The minimum atomic E-state index is -5.86. The highest BCUT2D eigenvalue weighted by atomic mass is 32.2. The second kappa shape index (κ2) is 7.84. The van der Waals surface area contributed by atoms with Gasteiger partial charge >= 0.3 is 15.6 Å². The van der Waals surface area contributed by atoms with Crippen LogP contribution in [0.5, 0.6) is 0 Å². The first-order valence-corrected chi connectivity index (χ1v) is 10.2. The summed E-state index contributed by atoms with van der Waals surface area (Å²) < 4.78 is 82.2. The van der Waals surface area contributed by atoms with E-state index in [-0.39, 0.29) is 6.61 Å². The Morgan fingerprint density at radius 3 is 2.28 bits per heavy atom. The van der Waals surface area contributed by atoms with Crippen LogP contribution < -0.4 is 0 Å². The Morgan fingerprint density at radius 2 is 1.66 bits per heavy atom. The van der Waals surface area contributed by atoms with Crippen molar-refractivity contribution in [1.29, 1.82) is 0 Å². The van der Waals surface area contributed by atoms with E-state index in [1.165, 1.54) is 0 Å². The molecule has 2 aromatic carbocycles. The number of rotatable bonds is 6. The van der Waals surface area contributed by atoms with Gasteiger partial charge in [-0.05, 0) is 36.2 Å². The normalized spacial score (nSPS) is 19.3. The van der Waals surface area contributed by atoms with E-state index in [2.05, 4.69) is 4.18 Å².